The molecule has 0 aliphatic heterocycles. The molecule has 25 heavy (non-hydrogen) atoms. The van der Waals surface area contributed by atoms with Crippen molar-refractivity contribution in [1.29, 1.82) is 0 Å². The molecule has 130 valence electrons. The highest BCUT2D eigenvalue weighted by molar-refractivity contribution is 6.07. The molecular weight excluding hydrogens is 318 g/mol. The smallest absolute Gasteiger partial charge is 0.342 e. The predicted molar refractivity (Wildman–Crippen MR) is 95.7 cm³/mol. The van der Waals surface area contributed by atoms with E-state index < -0.39 is 5.97 Å². The van der Waals surface area contributed by atoms with Gasteiger partial charge in [0.1, 0.15) is 23.0 Å². The second-order valence-corrected chi connectivity index (χ2v) is 5.83. The second-order valence-electron chi connectivity index (χ2n) is 5.83. The number of aryl methyl sites for hydroxylation is 2. The molecule has 0 unspecified atom stereocenters. The van der Waals surface area contributed by atoms with E-state index in [1.54, 1.807) is 20.8 Å². The van der Waals surface area contributed by atoms with Crippen LogP contribution in [0.3, 0.4) is 0 Å². The highest BCUT2D eigenvalue weighted by Gasteiger charge is 2.25. The summed E-state index contributed by atoms with van der Waals surface area (Å²) in [4.78, 5) is 21.2. The van der Waals surface area contributed by atoms with Crippen LogP contribution < -0.4 is 5.32 Å². The first-order chi connectivity index (χ1) is 12.0. The van der Waals surface area contributed by atoms with Gasteiger partial charge in [0.15, 0.2) is 0 Å². The van der Waals surface area contributed by atoms with Crippen LogP contribution in [-0.4, -0.2) is 22.5 Å². The fraction of sp³-hybridized carbons (Fsp3) is 0.316. The average Bonchev–Trinajstić information content (AvgIpc) is 2.91. The van der Waals surface area contributed by atoms with Crippen LogP contribution in [0.5, 0.6) is 0 Å². The Morgan fingerprint density at radius 1 is 1.24 bits per heavy atom. The Bertz CT molecular complexity index is 903. The molecule has 0 amide bonds. The lowest BCUT2D eigenvalue weighted by Crippen LogP contribution is -2.11. The standard InChI is InChI=1S/C19H21N3O3/c1-5-24-19(23)15-12(3)25-18-16(15)17(21-13(4)22-18)20-11(2)14-9-7-6-8-10-14/h6-11H,5H2,1-4H3,(H,20,21,22)/t11-/m0/s1. The van der Waals surface area contributed by atoms with Crippen LogP contribution in [-0.2, 0) is 4.74 Å². The van der Waals surface area contributed by atoms with Gasteiger partial charge in [-0.25, -0.2) is 9.78 Å². The van der Waals surface area contributed by atoms with Crippen molar-refractivity contribution in [3.8, 4) is 0 Å². The number of benzene rings is 1. The summed E-state index contributed by atoms with van der Waals surface area (Å²) < 4.78 is 10.9. The van der Waals surface area contributed by atoms with Crippen molar-refractivity contribution in [3.63, 3.8) is 0 Å². The number of aromatic nitrogens is 2. The number of hydrogen-bond donors (Lipinski definition) is 1. The number of fused-ring (bicyclic) bond motifs is 1. The summed E-state index contributed by atoms with van der Waals surface area (Å²) >= 11 is 0. The molecule has 1 atom stereocenters. The fourth-order valence-corrected chi connectivity index (χ4v) is 2.80. The number of nitrogens with zero attached hydrogens (tertiary/aromatic N) is 2. The van der Waals surface area contributed by atoms with Crippen LogP contribution >= 0.6 is 0 Å². The molecule has 0 aliphatic rings. The minimum atomic E-state index is -0.429. The molecule has 0 saturated carbocycles. The number of ether oxygens (including phenoxy) is 1. The first kappa shape index (κ1) is 17.0. The van der Waals surface area contributed by atoms with E-state index in [-0.39, 0.29) is 6.04 Å². The number of rotatable bonds is 5. The molecule has 0 saturated heterocycles. The van der Waals surface area contributed by atoms with Gasteiger partial charge in [0.25, 0.3) is 0 Å². The first-order valence-corrected chi connectivity index (χ1v) is 8.27. The number of anilines is 1. The van der Waals surface area contributed by atoms with Gasteiger partial charge >= 0.3 is 5.97 Å². The summed E-state index contributed by atoms with van der Waals surface area (Å²) in [6.45, 7) is 7.62. The minimum Gasteiger partial charge on any atom is -0.462 e. The summed E-state index contributed by atoms with van der Waals surface area (Å²) in [6.07, 6.45) is 0. The van der Waals surface area contributed by atoms with Crippen LogP contribution in [0.25, 0.3) is 11.1 Å². The third-order valence-electron chi connectivity index (χ3n) is 3.97. The number of carbonyl (C=O) groups is 1. The van der Waals surface area contributed by atoms with E-state index in [9.17, 15) is 4.79 Å². The molecule has 0 radical (unpaired) electrons. The highest BCUT2D eigenvalue weighted by Crippen LogP contribution is 2.32. The molecule has 0 bridgehead atoms. The lowest BCUT2D eigenvalue weighted by Gasteiger charge is -2.16. The SMILES string of the molecule is CCOC(=O)c1c(C)oc2nc(C)nc(N[C@@H](C)c3ccccc3)c12. The van der Waals surface area contributed by atoms with Crippen molar-refractivity contribution in [3.05, 3.63) is 53.0 Å². The molecule has 3 aromatic rings. The van der Waals surface area contributed by atoms with Crippen molar-refractivity contribution in [1.82, 2.24) is 9.97 Å². The van der Waals surface area contributed by atoms with Crippen LogP contribution in [0.1, 0.15) is 47.4 Å². The molecule has 3 rings (SSSR count). The number of furan rings is 1. The fourth-order valence-electron chi connectivity index (χ4n) is 2.80. The lowest BCUT2D eigenvalue weighted by molar-refractivity contribution is 0.0526. The molecule has 0 aliphatic carbocycles. The number of nitrogens with one attached hydrogen (secondary N) is 1. The van der Waals surface area contributed by atoms with Gasteiger partial charge in [-0.05, 0) is 33.3 Å². The van der Waals surface area contributed by atoms with Gasteiger partial charge in [-0.2, -0.15) is 4.98 Å². The molecule has 6 heteroatoms. The van der Waals surface area contributed by atoms with Crippen LogP contribution in [0.4, 0.5) is 5.82 Å². The molecular formula is C19H21N3O3. The van der Waals surface area contributed by atoms with E-state index in [0.29, 0.717) is 40.7 Å². The Hall–Kier alpha value is -2.89. The predicted octanol–water partition coefficient (Wildman–Crippen LogP) is 4.19. The maximum Gasteiger partial charge on any atom is 0.342 e. The monoisotopic (exact) mass is 339 g/mol. The number of esters is 1. The molecule has 0 spiro atoms. The Morgan fingerprint density at radius 2 is 1.96 bits per heavy atom. The van der Waals surface area contributed by atoms with Crippen molar-refractivity contribution in [2.45, 2.75) is 33.7 Å². The molecule has 6 nitrogen and oxygen atoms in total. The van der Waals surface area contributed by atoms with Gasteiger partial charge in [-0.1, -0.05) is 30.3 Å². The summed E-state index contributed by atoms with van der Waals surface area (Å²) in [5, 5.41) is 3.93. The van der Waals surface area contributed by atoms with Crippen LogP contribution in [0, 0.1) is 13.8 Å². The Labute approximate surface area is 146 Å². The van der Waals surface area contributed by atoms with E-state index >= 15 is 0 Å². The highest BCUT2D eigenvalue weighted by atomic mass is 16.5. The molecule has 1 aromatic carbocycles. The molecule has 0 fully saturated rings. The van der Waals surface area contributed by atoms with Crippen molar-refractivity contribution >= 4 is 22.9 Å². The zero-order valence-corrected chi connectivity index (χ0v) is 14.8. The van der Waals surface area contributed by atoms with E-state index in [1.165, 1.54) is 0 Å². The van der Waals surface area contributed by atoms with Gasteiger partial charge in [-0.15, -0.1) is 0 Å². The normalized spacial score (nSPS) is 12.2. The third kappa shape index (κ3) is 3.33. The zero-order valence-electron chi connectivity index (χ0n) is 14.8. The van der Waals surface area contributed by atoms with E-state index in [4.69, 9.17) is 9.15 Å². The van der Waals surface area contributed by atoms with Gasteiger partial charge < -0.3 is 14.5 Å². The van der Waals surface area contributed by atoms with Crippen LogP contribution in [0.15, 0.2) is 34.7 Å². The van der Waals surface area contributed by atoms with E-state index in [1.807, 2.05) is 37.3 Å². The summed E-state index contributed by atoms with van der Waals surface area (Å²) in [5.74, 6) is 1.18. The average molecular weight is 339 g/mol. The maximum atomic E-state index is 12.4. The van der Waals surface area contributed by atoms with Crippen molar-refractivity contribution in [2.75, 3.05) is 11.9 Å². The zero-order chi connectivity index (χ0) is 18.0. The molecule has 1 N–H and O–H groups in total. The summed E-state index contributed by atoms with van der Waals surface area (Å²) in [7, 11) is 0. The first-order valence-electron chi connectivity index (χ1n) is 8.27. The quantitative estimate of drug-likeness (QED) is 0.702. The Kier molecular flexibility index (Phi) is 4.70. The second kappa shape index (κ2) is 6.93. The largest absolute Gasteiger partial charge is 0.462 e. The summed E-state index contributed by atoms with van der Waals surface area (Å²) in [6, 6.07) is 10.0. The maximum absolute atomic E-state index is 12.4. The van der Waals surface area contributed by atoms with Crippen LogP contribution in [0.2, 0.25) is 0 Å². The van der Waals surface area contributed by atoms with Crippen molar-refractivity contribution < 1.29 is 13.9 Å². The van der Waals surface area contributed by atoms with Gasteiger partial charge in [0.2, 0.25) is 5.71 Å². The molecule has 2 heterocycles. The Morgan fingerprint density at radius 3 is 2.64 bits per heavy atom. The lowest BCUT2D eigenvalue weighted by atomic mass is 10.1. The number of hydrogen-bond acceptors (Lipinski definition) is 6. The van der Waals surface area contributed by atoms with Gasteiger partial charge in [0, 0.05) is 6.04 Å². The van der Waals surface area contributed by atoms with Gasteiger partial charge in [0.05, 0.1) is 12.0 Å². The summed E-state index contributed by atoms with van der Waals surface area (Å²) in [5.41, 5.74) is 1.88. The Balaban J connectivity index is 2.09. The van der Waals surface area contributed by atoms with Gasteiger partial charge in [-0.3, -0.25) is 0 Å². The van der Waals surface area contributed by atoms with E-state index in [2.05, 4.69) is 15.3 Å². The number of carbonyl (C=O) groups excluding carboxylic acids is 1. The van der Waals surface area contributed by atoms with Crippen molar-refractivity contribution in [2.24, 2.45) is 0 Å². The van der Waals surface area contributed by atoms with E-state index in [0.717, 1.165) is 5.56 Å². The third-order valence-corrected chi connectivity index (χ3v) is 3.97. The minimum absolute atomic E-state index is 0.00366. The topological polar surface area (TPSA) is 77.2 Å². The molecule has 2 aromatic heterocycles.